The van der Waals surface area contributed by atoms with Gasteiger partial charge in [-0.2, -0.15) is 5.26 Å². The van der Waals surface area contributed by atoms with E-state index in [1.807, 2.05) is 107 Å². The predicted octanol–water partition coefficient (Wildman–Crippen LogP) is 8.20. The van der Waals surface area contributed by atoms with Crippen LogP contribution in [0, 0.1) is 11.3 Å². The third-order valence-corrected chi connectivity index (χ3v) is 10.7. The van der Waals surface area contributed by atoms with Crippen LogP contribution < -0.4 is 11.5 Å². The average molecular weight is 753 g/mol. The summed E-state index contributed by atoms with van der Waals surface area (Å²) >= 11 is 12.6. The molecule has 0 radical (unpaired) electrons. The van der Waals surface area contributed by atoms with Crippen LogP contribution in [0.1, 0.15) is 38.9 Å². The fourth-order valence-corrected chi connectivity index (χ4v) is 7.75. The van der Waals surface area contributed by atoms with E-state index in [1.165, 1.54) is 22.3 Å². The molecule has 0 bridgehead atoms. The summed E-state index contributed by atoms with van der Waals surface area (Å²) in [5.41, 5.74) is 21.7. The molecule has 0 aliphatic carbocycles. The zero-order valence-electron chi connectivity index (χ0n) is 29.6. The second kappa shape index (κ2) is 16.3. The molecule has 8 rings (SSSR count). The van der Waals surface area contributed by atoms with Crippen molar-refractivity contribution < 1.29 is 9.59 Å². The van der Waals surface area contributed by atoms with E-state index in [2.05, 4.69) is 30.3 Å². The van der Waals surface area contributed by atoms with Crippen molar-refractivity contribution in [2.45, 2.75) is 51.1 Å². The van der Waals surface area contributed by atoms with Gasteiger partial charge in [0.1, 0.15) is 0 Å². The third-order valence-electron chi connectivity index (χ3n) is 10.2. The Morgan fingerprint density at radius 1 is 0.593 bits per heavy atom. The van der Waals surface area contributed by atoms with Gasteiger partial charge in [0.15, 0.2) is 0 Å². The van der Waals surface area contributed by atoms with Gasteiger partial charge in [0.2, 0.25) is 11.8 Å². The van der Waals surface area contributed by atoms with E-state index in [0.29, 0.717) is 54.6 Å². The summed E-state index contributed by atoms with van der Waals surface area (Å²) in [6.45, 7) is 2.47. The van der Waals surface area contributed by atoms with Crippen LogP contribution in [-0.4, -0.2) is 33.7 Å². The number of halogens is 2. The smallest absolute Gasteiger partial charge is 0.240 e. The number of amides is 2. The van der Waals surface area contributed by atoms with Crippen LogP contribution in [-0.2, 0) is 48.6 Å². The van der Waals surface area contributed by atoms with Gasteiger partial charge in [-0.1, -0.05) is 126 Å². The van der Waals surface area contributed by atoms with Crippen molar-refractivity contribution >= 4 is 45.8 Å². The van der Waals surface area contributed by atoms with Gasteiger partial charge in [0.25, 0.3) is 0 Å². The van der Waals surface area contributed by atoms with Gasteiger partial charge in [0, 0.05) is 36.2 Å². The van der Waals surface area contributed by atoms with E-state index in [9.17, 15) is 14.9 Å². The Bertz CT molecular complexity index is 2360. The van der Waals surface area contributed by atoms with Crippen molar-refractivity contribution in [2.24, 2.45) is 11.5 Å². The minimum Gasteiger partial charge on any atom is -0.333 e. The zero-order valence-corrected chi connectivity index (χ0v) is 31.1. The van der Waals surface area contributed by atoms with E-state index in [1.54, 1.807) is 6.07 Å². The van der Waals surface area contributed by atoms with E-state index in [0.717, 1.165) is 33.0 Å². The highest BCUT2D eigenvalue weighted by atomic mass is 35.5. The normalized spacial score (nSPS) is 14.1. The maximum Gasteiger partial charge on any atom is 0.240 e. The molecule has 9 heteroatoms. The molecule has 2 unspecified atom stereocenters. The topological polar surface area (TPSA) is 116 Å². The van der Waals surface area contributed by atoms with Gasteiger partial charge in [-0.3, -0.25) is 9.59 Å². The SMILES string of the molecule is N#Cc1cccc2c(CC(N)C(=O)N3Cc4ccccc4C3)cccc12.NC(Cc1ccc(-c2cccc(Cl)c2)cc1Cl)C(=O)N1Cc2ccccc2C1. The average Bonchev–Trinajstić information content (AvgIpc) is 3.83. The molecule has 2 heterocycles. The quantitative estimate of drug-likeness (QED) is 0.171. The van der Waals surface area contributed by atoms with Crippen LogP contribution in [0.4, 0.5) is 0 Å². The summed E-state index contributed by atoms with van der Waals surface area (Å²) in [6, 6.07) is 42.1. The molecule has 0 saturated carbocycles. The van der Waals surface area contributed by atoms with Crippen LogP contribution in [0.3, 0.4) is 0 Å². The van der Waals surface area contributed by atoms with Gasteiger partial charge < -0.3 is 21.3 Å². The standard InChI is InChI=1S/C23H20Cl2N2O.C22H19N3O/c24-20-7-3-6-15(10-20)16-8-9-17(21(25)11-16)12-22(26)23(28)27-13-18-4-1-2-5-19(18)14-27;23-12-16-8-4-9-19-15(7-3-10-20(16)19)11-21(24)22(26)25-13-17-5-1-2-6-18(17)14-25/h1-11,22H,12-14,26H2;1-10,21H,11,13-14,24H2. The molecule has 2 amide bonds. The molecular formula is C45H39Cl2N5O2. The van der Waals surface area contributed by atoms with Crippen molar-refractivity contribution in [3.63, 3.8) is 0 Å². The predicted molar refractivity (Wildman–Crippen MR) is 215 cm³/mol. The fourth-order valence-electron chi connectivity index (χ4n) is 7.31. The Kier molecular flexibility index (Phi) is 11.1. The van der Waals surface area contributed by atoms with Crippen molar-refractivity contribution in [3.8, 4) is 17.2 Å². The molecule has 270 valence electrons. The molecule has 0 aromatic heterocycles. The Labute approximate surface area is 325 Å². The van der Waals surface area contributed by atoms with Crippen molar-refractivity contribution in [3.05, 3.63) is 176 Å². The molecule has 2 atom stereocenters. The lowest BCUT2D eigenvalue weighted by Crippen LogP contribution is -2.42. The molecule has 2 aliphatic rings. The zero-order chi connectivity index (χ0) is 37.8. The molecule has 6 aromatic carbocycles. The third kappa shape index (κ3) is 8.03. The lowest BCUT2D eigenvalue weighted by Gasteiger charge is -2.21. The molecule has 0 spiro atoms. The summed E-state index contributed by atoms with van der Waals surface area (Å²) in [4.78, 5) is 29.3. The summed E-state index contributed by atoms with van der Waals surface area (Å²) in [5, 5.41) is 12.5. The van der Waals surface area contributed by atoms with Gasteiger partial charge in [0.05, 0.1) is 23.7 Å². The highest BCUT2D eigenvalue weighted by molar-refractivity contribution is 6.32. The lowest BCUT2D eigenvalue weighted by molar-refractivity contribution is -0.133. The number of nitrogens with zero attached hydrogens (tertiary/aromatic N) is 3. The fraction of sp³-hybridized carbons (Fsp3) is 0.178. The Hall–Kier alpha value is -5.49. The Morgan fingerprint density at radius 2 is 1.09 bits per heavy atom. The van der Waals surface area contributed by atoms with Crippen molar-refractivity contribution in [1.82, 2.24) is 9.80 Å². The highest BCUT2D eigenvalue weighted by Crippen LogP contribution is 2.30. The lowest BCUT2D eigenvalue weighted by atomic mass is 9.96. The number of hydrogen-bond donors (Lipinski definition) is 2. The summed E-state index contributed by atoms with van der Waals surface area (Å²) < 4.78 is 0. The van der Waals surface area contributed by atoms with Crippen LogP contribution in [0.25, 0.3) is 21.9 Å². The van der Waals surface area contributed by atoms with E-state index < -0.39 is 12.1 Å². The molecule has 0 fully saturated rings. The van der Waals surface area contributed by atoms with Crippen LogP contribution >= 0.6 is 23.2 Å². The van der Waals surface area contributed by atoms with Crippen LogP contribution in [0.5, 0.6) is 0 Å². The number of fused-ring (bicyclic) bond motifs is 3. The maximum atomic E-state index is 12.8. The first-order valence-electron chi connectivity index (χ1n) is 17.9. The first kappa shape index (κ1) is 36.9. The number of nitrogens with two attached hydrogens (primary N) is 2. The van der Waals surface area contributed by atoms with Crippen LogP contribution in [0.15, 0.2) is 127 Å². The summed E-state index contributed by atoms with van der Waals surface area (Å²) in [7, 11) is 0. The Balaban J connectivity index is 0.000000167. The molecule has 7 nitrogen and oxygen atoms in total. The van der Waals surface area contributed by atoms with Crippen molar-refractivity contribution in [2.75, 3.05) is 0 Å². The second-order valence-electron chi connectivity index (χ2n) is 13.8. The molecule has 4 N–H and O–H groups in total. The van der Waals surface area contributed by atoms with E-state index in [4.69, 9.17) is 34.7 Å². The Morgan fingerprint density at radius 3 is 1.63 bits per heavy atom. The number of rotatable bonds is 7. The largest absolute Gasteiger partial charge is 0.333 e. The maximum absolute atomic E-state index is 12.8. The molecule has 54 heavy (non-hydrogen) atoms. The summed E-state index contributed by atoms with van der Waals surface area (Å²) in [6.07, 6.45) is 0.859. The van der Waals surface area contributed by atoms with Gasteiger partial charge in [-0.25, -0.2) is 0 Å². The van der Waals surface area contributed by atoms with E-state index in [-0.39, 0.29) is 11.8 Å². The number of carbonyl (C=O) groups is 2. The van der Waals surface area contributed by atoms with Crippen molar-refractivity contribution in [1.29, 1.82) is 5.26 Å². The molecule has 2 aliphatic heterocycles. The minimum atomic E-state index is -0.621. The number of nitriles is 1. The molecular weight excluding hydrogens is 713 g/mol. The van der Waals surface area contributed by atoms with Gasteiger partial charge >= 0.3 is 0 Å². The highest BCUT2D eigenvalue weighted by Gasteiger charge is 2.28. The van der Waals surface area contributed by atoms with E-state index >= 15 is 0 Å². The minimum absolute atomic E-state index is 0.0327. The number of hydrogen-bond acceptors (Lipinski definition) is 5. The number of carbonyl (C=O) groups excluding carboxylic acids is 2. The first-order chi connectivity index (χ1) is 26.2. The van der Waals surface area contributed by atoms with Crippen LogP contribution in [0.2, 0.25) is 10.0 Å². The monoisotopic (exact) mass is 751 g/mol. The number of benzene rings is 6. The summed E-state index contributed by atoms with van der Waals surface area (Å²) in [5.74, 6) is -0.0826. The van der Waals surface area contributed by atoms with Gasteiger partial charge in [-0.15, -0.1) is 0 Å². The van der Waals surface area contributed by atoms with Gasteiger partial charge in [-0.05, 0) is 92.4 Å². The second-order valence-corrected chi connectivity index (χ2v) is 14.6. The molecule has 0 saturated heterocycles. The first-order valence-corrected chi connectivity index (χ1v) is 18.6. The molecule has 6 aromatic rings.